The molecule has 166 valence electrons. The van der Waals surface area contributed by atoms with Gasteiger partial charge in [0.2, 0.25) is 11.6 Å². The minimum absolute atomic E-state index is 0.216. The summed E-state index contributed by atoms with van der Waals surface area (Å²) in [5.41, 5.74) is -3.11. The van der Waals surface area contributed by atoms with Crippen molar-refractivity contribution in [2.75, 3.05) is 0 Å². The molecule has 1 aromatic heterocycles. The third kappa shape index (κ3) is 3.93. The van der Waals surface area contributed by atoms with Crippen molar-refractivity contribution in [3.05, 3.63) is 92.6 Å². The fourth-order valence-electron chi connectivity index (χ4n) is 2.46. The first-order valence-electron chi connectivity index (χ1n) is 8.24. The van der Waals surface area contributed by atoms with Crippen LogP contribution in [-0.2, 0) is 6.05 Å². The molecule has 14 heteroatoms. The quantitative estimate of drug-likeness (QED) is 0.104. The number of alkyl halides is 2. The number of nitro benzene ring substituents is 1. The highest BCUT2D eigenvalue weighted by molar-refractivity contribution is 6.05. The zero-order valence-electron chi connectivity index (χ0n) is 15.2. The van der Waals surface area contributed by atoms with Gasteiger partial charge in [0.1, 0.15) is 5.56 Å². The van der Waals surface area contributed by atoms with E-state index in [0.717, 1.165) is 24.3 Å². The highest BCUT2D eigenvalue weighted by Gasteiger charge is 2.45. The molecule has 0 aliphatic heterocycles. The Labute approximate surface area is 172 Å². The fourth-order valence-corrected chi connectivity index (χ4v) is 2.46. The maximum atomic E-state index is 14.5. The van der Waals surface area contributed by atoms with Gasteiger partial charge in [-0.05, 0) is 23.8 Å². The summed E-state index contributed by atoms with van der Waals surface area (Å²) in [5.74, 6) is -14.3. The van der Waals surface area contributed by atoms with Gasteiger partial charge in [-0.3, -0.25) is 14.9 Å². The number of nitrogens with zero attached hydrogens (tertiary/aromatic N) is 4. The number of carbonyl (C=O) groups excluding carboxylic acids is 1. The predicted octanol–water partition coefficient (Wildman–Crippen LogP) is 4.38. The molecule has 0 aliphatic carbocycles. The Morgan fingerprint density at radius 1 is 0.969 bits per heavy atom. The molecule has 0 spiro atoms. The number of non-ortho nitro benzene ring substituents is 1. The molecule has 0 atom stereocenters. The first-order chi connectivity index (χ1) is 14.9. The molecule has 1 heterocycles. The van der Waals surface area contributed by atoms with Gasteiger partial charge in [0.05, 0.1) is 11.1 Å². The van der Waals surface area contributed by atoms with E-state index >= 15 is 0 Å². The summed E-state index contributed by atoms with van der Waals surface area (Å²) in [4.78, 5) is 22.0. The maximum Gasteiger partial charge on any atom is 0.377 e. The minimum Gasteiger partial charge on any atom is -0.287 e. The van der Waals surface area contributed by atoms with Gasteiger partial charge in [0, 0.05) is 12.1 Å². The molecule has 3 rings (SSSR count). The molecule has 0 N–H and O–H groups in total. The van der Waals surface area contributed by atoms with Gasteiger partial charge in [-0.15, -0.1) is 5.10 Å². The Hall–Kier alpha value is -4.10. The normalized spacial score (nSPS) is 11.8. The first-order valence-corrected chi connectivity index (χ1v) is 8.24. The molecular formula is C18H7F7N4O3. The Morgan fingerprint density at radius 3 is 2.03 bits per heavy atom. The van der Waals surface area contributed by atoms with Crippen LogP contribution in [0.2, 0.25) is 0 Å². The van der Waals surface area contributed by atoms with Crippen molar-refractivity contribution >= 4 is 17.5 Å². The second kappa shape index (κ2) is 8.20. The largest absolute Gasteiger partial charge is 0.377 e. The Balaban J connectivity index is 1.89. The third-order valence-corrected chi connectivity index (χ3v) is 4.08. The van der Waals surface area contributed by atoms with Crippen molar-refractivity contribution in [1.29, 1.82) is 0 Å². The van der Waals surface area contributed by atoms with E-state index in [2.05, 4.69) is 10.3 Å². The minimum atomic E-state index is -4.89. The van der Waals surface area contributed by atoms with Crippen LogP contribution in [0.1, 0.15) is 21.6 Å². The molecule has 0 aliphatic rings. The number of ketones is 1. The number of allylic oxidation sites excluding steroid dienone is 1. The second-order valence-electron chi connectivity index (χ2n) is 6.08. The monoisotopic (exact) mass is 460 g/mol. The van der Waals surface area contributed by atoms with Crippen molar-refractivity contribution in [3.63, 3.8) is 0 Å². The zero-order valence-corrected chi connectivity index (χ0v) is 15.2. The van der Waals surface area contributed by atoms with Gasteiger partial charge >= 0.3 is 6.05 Å². The molecule has 0 amide bonds. The van der Waals surface area contributed by atoms with E-state index in [1.807, 2.05) is 0 Å². The summed E-state index contributed by atoms with van der Waals surface area (Å²) >= 11 is 0. The van der Waals surface area contributed by atoms with Crippen LogP contribution in [0, 0.1) is 39.2 Å². The number of benzene rings is 2. The Morgan fingerprint density at radius 2 is 1.50 bits per heavy atom. The summed E-state index contributed by atoms with van der Waals surface area (Å²) in [7, 11) is 0. The molecule has 2 aromatic carbocycles. The summed E-state index contributed by atoms with van der Waals surface area (Å²) < 4.78 is 95.6. The zero-order chi connectivity index (χ0) is 23.8. The average molecular weight is 460 g/mol. The maximum absolute atomic E-state index is 14.5. The number of carbonyl (C=O) groups is 1. The van der Waals surface area contributed by atoms with Crippen LogP contribution in [0.3, 0.4) is 0 Å². The molecular weight excluding hydrogens is 453 g/mol. The molecule has 0 unspecified atom stereocenters. The van der Waals surface area contributed by atoms with Crippen LogP contribution in [-0.4, -0.2) is 25.7 Å². The van der Waals surface area contributed by atoms with Gasteiger partial charge in [-0.2, -0.15) is 13.5 Å². The van der Waals surface area contributed by atoms with Crippen molar-refractivity contribution < 1.29 is 40.5 Å². The molecule has 0 saturated heterocycles. The number of halogens is 7. The molecule has 0 bridgehead atoms. The third-order valence-electron chi connectivity index (χ3n) is 4.08. The van der Waals surface area contributed by atoms with Gasteiger partial charge in [-0.25, -0.2) is 22.0 Å². The first kappa shape index (κ1) is 22.6. The lowest BCUT2D eigenvalue weighted by Crippen LogP contribution is -2.29. The highest BCUT2D eigenvalue weighted by atomic mass is 19.3. The van der Waals surface area contributed by atoms with Crippen molar-refractivity contribution in [2.45, 2.75) is 6.05 Å². The van der Waals surface area contributed by atoms with Crippen molar-refractivity contribution in [2.24, 2.45) is 0 Å². The number of nitro groups is 1. The molecule has 0 radical (unpaired) electrons. The summed E-state index contributed by atoms with van der Waals surface area (Å²) in [6, 6.07) is -0.0284. The van der Waals surface area contributed by atoms with Crippen LogP contribution in [0.25, 0.3) is 6.08 Å². The van der Waals surface area contributed by atoms with E-state index in [1.54, 1.807) is 0 Å². The standard InChI is InChI=1S/C18H7F7N4O3/c19-13-12(14(20)16(22)17(23)15(13)21)18(24,25)28-7-10(26-27-28)11(30)6-3-8-1-4-9(5-2-8)29(31)32/h1-7H. The van der Waals surface area contributed by atoms with E-state index in [4.69, 9.17) is 0 Å². The van der Waals surface area contributed by atoms with Crippen molar-refractivity contribution in [1.82, 2.24) is 15.0 Å². The molecule has 32 heavy (non-hydrogen) atoms. The Bertz CT molecular complexity index is 1230. The number of hydrogen-bond acceptors (Lipinski definition) is 5. The molecule has 3 aromatic rings. The van der Waals surface area contributed by atoms with E-state index in [-0.39, 0.29) is 11.9 Å². The van der Waals surface area contributed by atoms with Crippen LogP contribution in [0.15, 0.2) is 36.5 Å². The molecule has 0 fully saturated rings. The van der Waals surface area contributed by atoms with Crippen LogP contribution in [0.5, 0.6) is 0 Å². The van der Waals surface area contributed by atoms with E-state index in [0.29, 0.717) is 5.56 Å². The fraction of sp³-hybridized carbons (Fsp3) is 0.0556. The summed E-state index contributed by atoms with van der Waals surface area (Å²) in [5, 5.41) is 16.6. The lowest BCUT2D eigenvalue weighted by atomic mass is 10.1. The summed E-state index contributed by atoms with van der Waals surface area (Å²) in [6.07, 6.45) is 2.25. The predicted molar refractivity (Wildman–Crippen MR) is 92.0 cm³/mol. The van der Waals surface area contributed by atoms with E-state index in [9.17, 15) is 45.6 Å². The lowest BCUT2D eigenvalue weighted by molar-refractivity contribution is -0.384. The number of hydrogen-bond donors (Lipinski definition) is 0. The van der Waals surface area contributed by atoms with Crippen molar-refractivity contribution in [3.8, 4) is 0 Å². The average Bonchev–Trinajstić information content (AvgIpc) is 3.26. The molecule has 7 nitrogen and oxygen atoms in total. The smallest absolute Gasteiger partial charge is 0.287 e. The second-order valence-corrected chi connectivity index (χ2v) is 6.08. The van der Waals surface area contributed by atoms with Crippen LogP contribution < -0.4 is 0 Å². The van der Waals surface area contributed by atoms with Gasteiger partial charge in [-0.1, -0.05) is 11.3 Å². The highest BCUT2D eigenvalue weighted by Crippen LogP contribution is 2.36. The lowest BCUT2D eigenvalue weighted by Gasteiger charge is -2.18. The summed E-state index contributed by atoms with van der Waals surface area (Å²) in [6.45, 7) is 0. The van der Waals surface area contributed by atoms with Crippen LogP contribution >= 0.6 is 0 Å². The number of rotatable bonds is 6. The van der Waals surface area contributed by atoms with Gasteiger partial charge < -0.3 is 0 Å². The number of aromatic nitrogens is 3. The SMILES string of the molecule is O=C(C=Cc1ccc([N+](=O)[O-])cc1)c1cn(C(F)(F)c2c(F)c(F)c(F)c(F)c2F)nn1. The van der Waals surface area contributed by atoms with Gasteiger partial charge in [0.15, 0.2) is 29.0 Å². The van der Waals surface area contributed by atoms with Gasteiger partial charge in [0.25, 0.3) is 5.69 Å². The Kier molecular flexibility index (Phi) is 5.79. The van der Waals surface area contributed by atoms with E-state index < -0.39 is 61.8 Å². The van der Waals surface area contributed by atoms with E-state index in [1.165, 1.54) is 12.1 Å². The topological polar surface area (TPSA) is 90.9 Å². The van der Waals surface area contributed by atoms with Crippen LogP contribution in [0.4, 0.5) is 36.4 Å². The molecule has 0 saturated carbocycles.